The molecule has 1 aliphatic heterocycles. The maximum atomic E-state index is 14.6. The van der Waals surface area contributed by atoms with E-state index in [-0.39, 0.29) is 22.7 Å². The van der Waals surface area contributed by atoms with Crippen molar-refractivity contribution in [1.29, 1.82) is 0 Å². The van der Waals surface area contributed by atoms with Crippen LogP contribution in [0, 0.1) is 5.82 Å². The smallest absolute Gasteiger partial charge is 0.290 e. The van der Waals surface area contributed by atoms with Crippen molar-refractivity contribution in [2.24, 2.45) is 0 Å². The lowest BCUT2D eigenvalue weighted by molar-refractivity contribution is 0.0714. The largest absolute Gasteiger partial charge is 0.450 e. The van der Waals surface area contributed by atoms with Crippen molar-refractivity contribution < 1.29 is 13.6 Å². The Morgan fingerprint density at radius 1 is 1.07 bits per heavy atom. The summed E-state index contributed by atoms with van der Waals surface area (Å²) in [5.41, 5.74) is 0.575. The zero-order valence-electron chi connectivity index (χ0n) is 15.1. The summed E-state index contributed by atoms with van der Waals surface area (Å²) in [5.74, 6) is -0.834. The fourth-order valence-corrected chi connectivity index (χ4v) is 3.53. The summed E-state index contributed by atoms with van der Waals surface area (Å²) in [6.45, 7) is 0.934. The van der Waals surface area contributed by atoms with Crippen LogP contribution in [0.2, 0.25) is 0 Å². The van der Waals surface area contributed by atoms with E-state index in [1.807, 2.05) is 19.0 Å². The second-order valence-electron chi connectivity index (χ2n) is 6.90. The van der Waals surface area contributed by atoms with Gasteiger partial charge in [-0.25, -0.2) is 4.39 Å². The van der Waals surface area contributed by atoms with Crippen molar-refractivity contribution in [3.63, 3.8) is 0 Å². The molecule has 3 aromatic rings. The summed E-state index contributed by atoms with van der Waals surface area (Å²) in [6.07, 6.45) is 0. The van der Waals surface area contributed by atoms with Gasteiger partial charge in [-0.2, -0.15) is 0 Å². The minimum absolute atomic E-state index is 0.00529. The van der Waals surface area contributed by atoms with E-state index < -0.39 is 11.9 Å². The van der Waals surface area contributed by atoms with Crippen molar-refractivity contribution >= 4 is 16.9 Å². The minimum Gasteiger partial charge on any atom is -0.450 e. The number of halogens is 1. The number of fused-ring (bicyclic) bond motifs is 2. The van der Waals surface area contributed by atoms with Gasteiger partial charge in [-0.3, -0.25) is 9.59 Å². The summed E-state index contributed by atoms with van der Waals surface area (Å²) >= 11 is 0. The van der Waals surface area contributed by atoms with Gasteiger partial charge in [0.25, 0.3) is 5.91 Å². The molecule has 0 bridgehead atoms. The maximum Gasteiger partial charge on any atom is 0.290 e. The van der Waals surface area contributed by atoms with Crippen LogP contribution in [0.5, 0.6) is 0 Å². The average Bonchev–Trinajstić information content (AvgIpc) is 2.93. The zero-order chi connectivity index (χ0) is 19.1. The average molecular weight is 366 g/mol. The molecule has 4 rings (SSSR count). The number of rotatable bonds is 4. The van der Waals surface area contributed by atoms with Gasteiger partial charge in [0.05, 0.1) is 17.0 Å². The van der Waals surface area contributed by atoms with E-state index in [1.165, 1.54) is 11.0 Å². The Morgan fingerprint density at radius 2 is 1.78 bits per heavy atom. The van der Waals surface area contributed by atoms with E-state index in [1.54, 1.807) is 42.5 Å². The van der Waals surface area contributed by atoms with Gasteiger partial charge in [0, 0.05) is 18.7 Å². The van der Waals surface area contributed by atoms with Crippen LogP contribution in [0.4, 0.5) is 4.39 Å². The number of hydrogen-bond donors (Lipinski definition) is 0. The van der Waals surface area contributed by atoms with Crippen LogP contribution in [0.3, 0.4) is 0 Å². The molecule has 1 aliphatic rings. The molecule has 2 heterocycles. The lowest BCUT2D eigenvalue weighted by atomic mass is 9.98. The fraction of sp³-hybridized carbons (Fsp3) is 0.238. The monoisotopic (exact) mass is 366 g/mol. The third-order valence-corrected chi connectivity index (χ3v) is 4.86. The number of carbonyl (C=O) groups is 1. The summed E-state index contributed by atoms with van der Waals surface area (Å²) in [5, 5.41) is 0.389. The first-order valence-corrected chi connectivity index (χ1v) is 8.75. The topological polar surface area (TPSA) is 53.8 Å². The molecular formula is C21H19FN2O3. The number of amides is 1. The minimum atomic E-state index is -0.797. The van der Waals surface area contributed by atoms with Crippen LogP contribution >= 0.6 is 0 Å². The number of carbonyl (C=O) groups excluding carboxylic acids is 1. The van der Waals surface area contributed by atoms with Crippen LogP contribution < -0.4 is 5.43 Å². The molecule has 1 atom stereocenters. The van der Waals surface area contributed by atoms with Gasteiger partial charge in [0.15, 0.2) is 5.43 Å². The van der Waals surface area contributed by atoms with Crippen molar-refractivity contribution in [3.8, 4) is 0 Å². The maximum absolute atomic E-state index is 14.6. The van der Waals surface area contributed by atoms with E-state index in [0.717, 1.165) is 0 Å². The Hall–Kier alpha value is -2.99. The molecule has 138 valence electrons. The highest BCUT2D eigenvalue weighted by Gasteiger charge is 2.43. The highest BCUT2D eigenvalue weighted by molar-refractivity contribution is 5.99. The first-order valence-electron chi connectivity index (χ1n) is 8.75. The molecule has 1 amide bonds. The SMILES string of the molecule is CN(C)CCN1C(=O)c2oc3ccccc3c(=O)c2C1c1ccccc1F. The Kier molecular flexibility index (Phi) is 4.28. The zero-order valence-corrected chi connectivity index (χ0v) is 15.1. The summed E-state index contributed by atoms with van der Waals surface area (Å²) in [7, 11) is 3.78. The standard InChI is InChI=1S/C21H19FN2O3/c1-23(2)11-12-24-18(13-7-3-5-9-15(13)22)17-19(25)14-8-4-6-10-16(14)27-20(17)21(24)26/h3-10,18H,11-12H2,1-2H3. The highest BCUT2D eigenvalue weighted by atomic mass is 19.1. The molecule has 1 unspecified atom stereocenters. The van der Waals surface area contributed by atoms with Crippen molar-refractivity contribution in [2.75, 3.05) is 27.2 Å². The fourth-order valence-electron chi connectivity index (χ4n) is 3.53. The molecule has 0 fully saturated rings. The Morgan fingerprint density at radius 3 is 2.52 bits per heavy atom. The number of para-hydroxylation sites is 1. The van der Waals surface area contributed by atoms with Crippen molar-refractivity contribution in [2.45, 2.75) is 6.04 Å². The van der Waals surface area contributed by atoms with Crippen LogP contribution in [0.15, 0.2) is 57.7 Å². The molecule has 5 nitrogen and oxygen atoms in total. The Balaban J connectivity index is 1.96. The van der Waals surface area contributed by atoms with Crippen LogP contribution in [-0.4, -0.2) is 42.9 Å². The number of likely N-dealkylation sites (N-methyl/N-ethyl adjacent to an activating group) is 1. The first-order chi connectivity index (χ1) is 13.0. The van der Waals surface area contributed by atoms with Gasteiger partial charge in [-0.15, -0.1) is 0 Å². The molecule has 0 radical (unpaired) electrons. The normalized spacial score (nSPS) is 16.4. The molecular weight excluding hydrogens is 347 g/mol. The van der Waals surface area contributed by atoms with E-state index >= 15 is 0 Å². The molecule has 0 spiro atoms. The van der Waals surface area contributed by atoms with Gasteiger partial charge in [-0.1, -0.05) is 30.3 Å². The highest BCUT2D eigenvalue weighted by Crippen LogP contribution is 2.38. The van der Waals surface area contributed by atoms with Gasteiger partial charge < -0.3 is 14.2 Å². The van der Waals surface area contributed by atoms with E-state index in [0.29, 0.717) is 29.6 Å². The van der Waals surface area contributed by atoms with Crippen LogP contribution in [0.25, 0.3) is 11.0 Å². The van der Waals surface area contributed by atoms with Gasteiger partial charge >= 0.3 is 0 Å². The first kappa shape index (κ1) is 17.4. The lowest BCUT2D eigenvalue weighted by Crippen LogP contribution is -2.35. The lowest BCUT2D eigenvalue weighted by Gasteiger charge is -2.26. The van der Waals surface area contributed by atoms with Gasteiger partial charge in [0.1, 0.15) is 11.4 Å². The molecule has 0 N–H and O–H groups in total. The number of nitrogens with zero attached hydrogens (tertiary/aromatic N) is 2. The van der Waals surface area contributed by atoms with E-state index in [2.05, 4.69) is 0 Å². The van der Waals surface area contributed by atoms with Crippen molar-refractivity contribution in [3.05, 3.63) is 81.5 Å². The van der Waals surface area contributed by atoms with Crippen molar-refractivity contribution in [1.82, 2.24) is 9.80 Å². The second kappa shape index (κ2) is 6.63. The molecule has 0 saturated carbocycles. The van der Waals surface area contributed by atoms with Crippen LogP contribution in [0.1, 0.15) is 27.7 Å². The second-order valence-corrected chi connectivity index (χ2v) is 6.90. The molecule has 27 heavy (non-hydrogen) atoms. The third kappa shape index (κ3) is 2.82. The summed E-state index contributed by atoms with van der Waals surface area (Å²) in [6, 6.07) is 12.2. The predicted octanol–water partition coefficient (Wildman–Crippen LogP) is 3.04. The summed E-state index contributed by atoms with van der Waals surface area (Å²) < 4.78 is 20.4. The van der Waals surface area contributed by atoms with Crippen LogP contribution in [-0.2, 0) is 0 Å². The summed E-state index contributed by atoms with van der Waals surface area (Å²) in [4.78, 5) is 29.7. The van der Waals surface area contributed by atoms with Gasteiger partial charge in [0.2, 0.25) is 5.76 Å². The quantitative estimate of drug-likeness (QED) is 0.712. The molecule has 0 saturated heterocycles. The molecule has 0 aliphatic carbocycles. The number of benzene rings is 2. The molecule has 6 heteroatoms. The van der Waals surface area contributed by atoms with E-state index in [9.17, 15) is 14.0 Å². The molecule has 2 aromatic carbocycles. The Bertz CT molecular complexity index is 1090. The van der Waals surface area contributed by atoms with Gasteiger partial charge in [-0.05, 0) is 32.3 Å². The Labute approximate surface area is 155 Å². The van der Waals surface area contributed by atoms with E-state index in [4.69, 9.17) is 4.42 Å². The number of hydrogen-bond acceptors (Lipinski definition) is 4. The molecule has 1 aromatic heterocycles. The predicted molar refractivity (Wildman–Crippen MR) is 100 cm³/mol. The third-order valence-electron chi connectivity index (χ3n) is 4.86.